The molecular formula is C22H27ClFN6O7P. The van der Waals surface area contributed by atoms with E-state index in [2.05, 4.69) is 20.0 Å². The fraction of sp³-hybridized carbons (Fsp3) is 0.455. The Labute approximate surface area is 222 Å². The molecule has 1 aliphatic heterocycles. The zero-order chi connectivity index (χ0) is 27.7. The molecule has 13 nitrogen and oxygen atoms in total. The van der Waals surface area contributed by atoms with Crippen LogP contribution in [0.4, 0.5) is 10.2 Å². The lowest BCUT2D eigenvalue weighted by Crippen LogP contribution is -2.40. The smallest absolute Gasteiger partial charge is 0.459 e. The minimum Gasteiger partial charge on any atom is -0.462 e. The SMILES string of the molecule is CC(C)OC(=O)[C@H](C)N[P@@](=O)(OC[C@H]1O[C@@H](n2cnc3c(N)ncnc32)[C@@](F)(Cl)[C@@H]1O)Oc1ccccc1. The van der Waals surface area contributed by atoms with Gasteiger partial charge in [-0.15, -0.1) is 0 Å². The van der Waals surface area contributed by atoms with Crippen molar-refractivity contribution in [3.63, 3.8) is 0 Å². The first kappa shape index (κ1) is 28.1. The quantitative estimate of drug-likeness (QED) is 0.184. The number of benzene rings is 1. The van der Waals surface area contributed by atoms with Crippen molar-refractivity contribution in [3.8, 4) is 5.75 Å². The standard InChI is InChI=1S/C22H27ClFN6O7P/c1-12(2)35-20(32)13(3)29-38(33,37-14-7-5-4-6-8-14)34-9-15-17(31)22(23,24)21(36-15)30-11-28-16-18(25)26-10-27-19(16)30/h4-8,10-13,15,17,21,31H,9H2,1-3H3,(H,29,33)(H2,25,26,27)/t13-,15+,17+,21+,22+,38+/m0/s1. The van der Waals surface area contributed by atoms with Crippen LogP contribution in [-0.4, -0.2) is 66.7 Å². The van der Waals surface area contributed by atoms with E-state index in [1.54, 1.807) is 32.0 Å². The number of aliphatic hydroxyl groups excluding tert-OH is 1. The average molecular weight is 573 g/mol. The third-order valence-corrected chi connectivity index (χ3v) is 7.51. The number of nitrogens with one attached hydrogen (secondary N) is 1. The molecule has 1 aromatic carbocycles. The van der Waals surface area contributed by atoms with Gasteiger partial charge in [0.05, 0.1) is 19.0 Å². The van der Waals surface area contributed by atoms with Crippen LogP contribution in [0.5, 0.6) is 5.75 Å². The normalized spacial score (nSPS) is 25.8. The molecule has 0 amide bonds. The molecule has 0 bridgehead atoms. The molecule has 2 aromatic heterocycles. The number of imidazole rings is 1. The Kier molecular flexibility index (Phi) is 8.21. The summed E-state index contributed by atoms with van der Waals surface area (Å²) >= 11 is 6.07. The van der Waals surface area contributed by atoms with Crippen molar-refractivity contribution >= 4 is 42.3 Å². The molecule has 0 saturated carbocycles. The zero-order valence-corrected chi connectivity index (χ0v) is 22.3. The number of rotatable bonds is 10. The number of fused-ring (bicyclic) bond motifs is 1. The van der Waals surface area contributed by atoms with Crippen molar-refractivity contribution in [2.75, 3.05) is 12.3 Å². The molecule has 0 radical (unpaired) electrons. The Morgan fingerprint density at radius 3 is 2.71 bits per heavy atom. The number of esters is 1. The number of ether oxygens (including phenoxy) is 2. The predicted molar refractivity (Wildman–Crippen MR) is 134 cm³/mol. The molecule has 206 valence electrons. The lowest BCUT2D eigenvalue weighted by molar-refractivity contribution is -0.149. The number of carbonyl (C=O) groups is 1. The second-order valence-electron chi connectivity index (χ2n) is 8.76. The van der Waals surface area contributed by atoms with Crippen LogP contribution < -0.4 is 15.3 Å². The van der Waals surface area contributed by atoms with E-state index in [-0.39, 0.29) is 22.7 Å². The molecule has 3 aromatic rings. The number of nitrogen functional groups attached to an aromatic ring is 1. The maximum atomic E-state index is 15.5. The highest BCUT2D eigenvalue weighted by Crippen LogP contribution is 2.49. The van der Waals surface area contributed by atoms with E-state index in [4.69, 9.17) is 35.9 Å². The molecule has 1 saturated heterocycles. The molecule has 38 heavy (non-hydrogen) atoms. The molecule has 1 aliphatic rings. The molecule has 0 aliphatic carbocycles. The second kappa shape index (κ2) is 11.1. The summed E-state index contributed by atoms with van der Waals surface area (Å²) in [4.78, 5) is 24.2. The Bertz CT molecular complexity index is 1330. The minimum atomic E-state index is -4.30. The van der Waals surface area contributed by atoms with Crippen LogP contribution in [0.2, 0.25) is 0 Å². The van der Waals surface area contributed by atoms with Crippen molar-refractivity contribution in [2.24, 2.45) is 0 Å². The van der Waals surface area contributed by atoms with Gasteiger partial charge in [0.1, 0.15) is 35.8 Å². The molecular weight excluding hydrogens is 546 g/mol. The van der Waals surface area contributed by atoms with Gasteiger partial charge in [-0.25, -0.2) is 23.9 Å². The van der Waals surface area contributed by atoms with E-state index in [1.807, 2.05) is 0 Å². The van der Waals surface area contributed by atoms with E-state index in [0.29, 0.717) is 0 Å². The maximum Gasteiger partial charge on any atom is 0.459 e. The third-order valence-electron chi connectivity index (χ3n) is 5.45. The van der Waals surface area contributed by atoms with Gasteiger partial charge in [-0.05, 0) is 32.9 Å². The number of nitrogens with zero attached hydrogens (tertiary/aromatic N) is 4. The summed E-state index contributed by atoms with van der Waals surface area (Å²) in [6, 6.07) is 6.94. The Morgan fingerprint density at radius 2 is 2.03 bits per heavy atom. The fourth-order valence-electron chi connectivity index (χ4n) is 3.65. The van der Waals surface area contributed by atoms with Gasteiger partial charge in [0.2, 0.25) is 0 Å². The van der Waals surface area contributed by atoms with Gasteiger partial charge >= 0.3 is 13.7 Å². The number of aromatic nitrogens is 4. The van der Waals surface area contributed by atoms with Crippen LogP contribution in [0, 0.1) is 0 Å². The summed E-state index contributed by atoms with van der Waals surface area (Å²) in [6.07, 6.45) is -3.01. The number of alkyl halides is 2. The van der Waals surface area contributed by atoms with Gasteiger partial charge in [0.25, 0.3) is 5.13 Å². The second-order valence-corrected chi connectivity index (χ2v) is 11.0. The lowest BCUT2D eigenvalue weighted by atomic mass is 10.1. The number of para-hydroxylation sites is 1. The molecule has 16 heteroatoms. The van der Waals surface area contributed by atoms with Crippen LogP contribution in [0.25, 0.3) is 11.2 Å². The molecule has 6 atom stereocenters. The van der Waals surface area contributed by atoms with E-state index in [9.17, 15) is 14.5 Å². The summed E-state index contributed by atoms with van der Waals surface area (Å²) < 4.78 is 52.2. The Hall–Kier alpha value is -2.87. The van der Waals surface area contributed by atoms with Crippen LogP contribution >= 0.6 is 19.3 Å². The topological polar surface area (TPSA) is 173 Å². The van der Waals surface area contributed by atoms with Crippen LogP contribution in [0.3, 0.4) is 0 Å². The number of hydrogen-bond donors (Lipinski definition) is 3. The van der Waals surface area contributed by atoms with Gasteiger partial charge in [-0.1, -0.05) is 29.8 Å². The summed E-state index contributed by atoms with van der Waals surface area (Å²) in [5.74, 6) is -0.478. The summed E-state index contributed by atoms with van der Waals surface area (Å²) in [5.41, 5.74) is 6.09. The number of aliphatic hydroxyl groups is 1. The van der Waals surface area contributed by atoms with Crippen molar-refractivity contribution in [2.45, 2.75) is 56.5 Å². The Morgan fingerprint density at radius 1 is 1.32 bits per heavy atom. The van der Waals surface area contributed by atoms with Gasteiger partial charge in [0, 0.05) is 0 Å². The fourth-order valence-corrected chi connectivity index (χ4v) is 5.45. The van der Waals surface area contributed by atoms with Gasteiger partial charge in [0.15, 0.2) is 17.7 Å². The highest BCUT2D eigenvalue weighted by molar-refractivity contribution is 7.52. The predicted octanol–water partition coefficient (Wildman–Crippen LogP) is 2.70. The number of carbonyl (C=O) groups excluding carboxylic acids is 1. The molecule has 1 fully saturated rings. The number of halogens is 2. The van der Waals surface area contributed by atoms with Crippen molar-refractivity contribution in [1.29, 1.82) is 0 Å². The first-order chi connectivity index (χ1) is 17.9. The summed E-state index contributed by atoms with van der Waals surface area (Å²) in [7, 11) is -4.30. The molecule has 3 heterocycles. The number of hydrogen-bond acceptors (Lipinski definition) is 11. The van der Waals surface area contributed by atoms with Crippen LogP contribution in [-0.2, 0) is 23.4 Å². The van der Waals surface area contributed by atoms with Crippen LogP contribution in [0.1, 0.15) is 27.0 Å². The van der Waals surface area contributed by atoms with E-state index in [1.165, 1.54) is 25.4 Å². The molecule has 4 rings (SSSR count). The first-order valence-corrected chi connectivity index (χ1v) is 13.4. The average Bonchev–Trinajstić information content (AvgIpc) is 3.37. The number of anilines is 1. The third kappa shape index (κ3) is 5.90. The van der Waals surface area contributed by atoms with Crippen molar-refractivity contribution < 1.29 is 37.4 Å². The molecule has 4 N–H and O–H groups in total. The Balaban J connectivity index is 1.54. The maximum absolute atomic E-state index is 15.5. The highest BCUT2D eigenvalue weighted by Gasteiger charge is 2.58. The zero-order valence-electron chi connectivity index (χ0n) is 20.6. The minimum absolute atomic E-state index is 0.0568. The van der Waals surface area contributed by atoms with Crippen LogP contribution in [0.15, 0.2) is 43.0 Å². The van der Waals surface area contributed by atoms with E-state index in [0.717, 1.165) is 10.9 Å². The van der Waals surface area contributed by atoms with Crippen molar-refractivity contribution in [1.82, 2.24) is 24.6 Å². The van der Waals surface area contributed by atoms with Gasteiger partial charge in [-0.2, -0.15) is 5.09 Å². The summed E-state index contributed by atoms with van der Waals surface area (Å²) in [5, 5.41) is 10.3. The highest BCUT2D eigenvalue weighted by atomic mass is 35.5. The number of nitrogens with two attached hydrogens (primary N) is 1. The molecule has 0 unspecified atom stereocenters. The first-order valence-electron chi connectivity index (χ1n) is 11.5. The summed E-state index contributed by atoms with van der Waals surface area (Å²) in [6.45, 7) is 4.10. The van der Waals surface area contributed by atoms with E-state index >= 15 is 4.39 Å². The van der Waals surface area contributed by atoms with Gasteiger partial charge < -0.3 is 24.8 Å². The van der Waals surface area contributed by atoms with E-state index < -0.39 is 56.0 Å². The monoisotopic (exact) mass is 572 g/mol. The molecule has 0 spiro atoms. The largest absolute Gasteiger partial charge is 0.462 e. The van der Waals surface area contributed by atoms with Crippen molar-refractivity contribution in [3.05, 3.63) is 43.0 Å². The lowest BCUT2D eigenvalue weighted by Gasteiger charge is -2.25. The van der Waals surface area contributed by atoms with Gasteiger partial charge in [-0.3, -0.25) is 13.9 Å².